The summed E-state index contributed by atoms with van der Waals surface area (Å²) in [5.74, 6) is 0.185. The standard InChI is InChI=1S/C30H28N4O2S/c1-3-37-25-15-13-21(14-16-25)28-22(19-33(32-28)23-9-5-4-6-10-23)17-26-20(2)27(18-31)30(36)34(29(26)35)24-11-7-8-12-24/h4-6,9-10,13-17,19,24H,3,7-8,11-12H2,1-2H3/b26-17+. The van der Waals surface area contributed by atoms with Crippen molar-refractivity contribution in [2.24, 2.45) is 0 Å². The Kier molecular flexibility index (Phi) is 7.11. The van der Waals surface area contributed by atoms with Crippen molar-refractivity contribution in [3.05, 3.63) is 83.1 Å². The first kappa shape index (κ1) is 24.8. The van der Waals surface area contributed by atoms with Gasteiger partial charge in [0.1, 0.15) is 11.6 Å². The number of thioether (sulfide) groups is 1. The van der Waals surface area contributed by atoms with Gasteiger partial charge in [-0.05, 0) is 61.4 Å². The van der Waals surface area contributed by atoms with Crippen LogP contribution in [0.1, 0.15) is 45.1 Å². The number of nitrogens with zero attached hydrogens (tertiary/aromatic N) is 4. The number of benzene rings is 2. The van der Waals surface area contributed by atoms with E-state index in [1.807, 2.05) is 48.7 Å². The van der Waals surface area contributed by atoms with Crippen LogP contribution < -0.4 is 0 Å². The molecule has 6 nitrogen and oxygen atoms in total. The van der Waals surface area contributed by atoms with Crippen LogP contribution in [0.5, 0.6) is 0 Å². The van der Waals surface area contributed by atoms with Gasteiger partial charge in [-0.2, -0.15) is 10.4 Å². The number of hydrogen-bond acceptors (Lipinski definition) is 5. The van der Waals surface area contributed by atoms with Crippen molar-refractivity contribution in [1.29, 1.82) is 5.26 Å². The van der Waals surface area contributed by atoms with E-state index < -0.39 is 5.91 Å². The van der Waals surface area contributed by atoms with Gasteiger partial charge in [-0.3, -0.25) is 14.5 Å². The summed E-state index contributed by atoms with van der Waals surface area (Å²) in [6.45, 7) is 3.81. The van der Waals surface area contributed by atoms with Gasteiger partial charge in [0.25, 0.3) is 11.8 Å². The maximum Gasteiger partial charge on any atom is 0.271 e. The van der Waals surface area contributed by atoms with Crippen molar-refractivity contribution in [2.45, 2.75) is 50.5 Å². The molecule has 0 bridgehead atoms. The zero-order valence-electron chi connectivity index (χ0n) is 21.0. The van der Waals surface area contributed by atoms with Crippen LogP contribution in [0, 0.1) is 11.3 Å². The molecule has 2 amide bonds. The molecule has 1 saturated carbocycles. The predicted molar refractivity (Wildman–Crippen MR) is 146 cm³/mol. The maximum atomic E-state index is 13.7. The zero-order valence-corrected chi connectivity index (χ0v) is 21.8. The highest BCUT2D eigenvalue weighted by atomic mass is 32.2. The number of para-hydroxylation sites is 1. The Labute approximate surface area is 221 Å². The monoisotopic (exact) mass is 508 g/mol. The molecule has 3 aromatic rings. The lowest BCUT2D eigenvalue weighted by Gasteiger charge is -2.32. The smallest absolute Gasteiger partial charge is 0.271 e. The normalized spacial score (nSPS) is 17.6. The van der Waals surface area contributed by atoms with Crippen molar-refractivity contribution in [3.8, 4) is 23.0 Å². The molecule has 5 rings (SSSR count). The molecule has 1 aliphatic carbocycles. The molecule has 7 heteroatoms. The summed E-state index contributed by atoms with van der Waals surface area (Å²) in [5, 5.41) is 14.7. The van der Waals surface area contributed by atoms with Gasteiger partial charge < -0.3 is 0 Å². The number of hydrogen-bond donors (Lipinski definition) is 0. The SMILES string of the molecule is CCSc1ccc(-c2nn(-c3ccccc3)cc2/C=C2/C(=O)N(C3CCCC3)C(=O)C(C#N)=C2C)cc1. The molecule has 0 spiro atoms. The highest BCUT2D eigenvalue weighted by molar-refractivity contribution is 7.99. The number of imide groups is 1. The fraction of sp³-hybridized carbons (Fsp3) is 0.267. The van der Waals surface area contributed by atoms with Crippen LogP contribution in [0.25, 0.3) is 23.0 Å². The Hall–Kier alpha value is -3.89. The number of rotatable bonds is 6. The van der Waals surface area contributed by atoms with Gasteiger partial charge >= 0.3 is 0 Å². The molecular weight excluding hydrogens is 480 g/mol. The molecule has 186 valence electrons. The molecule has 1 aromatic heterocycles. The van der Waals surface area contributed by atoms with Crippen molar-refractivity contribution in [2.75, 3.05) is 5.75 Å². The second-order valence-corrected chi connectivity index (χ2v) is 10.6. The molecule has 1 fully saturated rings. The van der Waals surface area contributed by atoms with Gasteiger partial charge in [-0.15, -0.1) is 11.8 Å². The Balaban J connectivity index is 1.65. The summed E-state index contributed by atoms with van der Waals surface area (Å²) >= 11 is 1.77. The van der Waals surface area contributed by atoms with Crippen LogP contribution in [0.3, 0.4) is 0 Å². The van der Waals surface area contributed by atoms with Crippen LogP contribution in [0.2, 0.25) is 0 Å². The van der Waals surface area contributed by atoms with Crippen molar-refractivity contribution >= 4 is 29.7 Å². The molecule has 2 aromatic carbocycles. The summed E-state index contributed by atoms with van der Waals surface area (Å²) in [5.41, 5.74) is 4.13. The van der Waals surface area contributed by atoms with Gasteiger partial charge in [0.05, 0.1) is 11.4 Å². The lowest BCUT2D eigenvalue weighted by Crippen LogP contribution is -2.47. The van der Waals surface area contributed by atoms with Gasteiger partial charge in [-0.1, -0.05) is 50.1 Å². The third kappa shape index (κ3) is 4.77. The summed E-state index contributed by atoms with van der Waals surface area (Å²) in [6, 6.07) is 19.9. The average Bonchev–Trinajstić information content (AvgIpc) is 3.59. The first-order valence-electron chi connectivity index (χ1n) is 12.6. The first-order chi connectivity index (χ1) is 18.0. The second-order valence-electron chi connectivity index (χ2n) is 9.26. The molecule has 0 atom stereocenters. The molecule has 0 saturated heterocycles. The highest BCUT2D eigenvalue weighted by Crippen LogP contribution is 2.35. The van der Waals surface area contributed by atoms with E-state index in [1.165, 1.54) is 9.80 Å². The van der Waals surface area contributed by atoms with Gasteiger partial charge in [0, 0.05) is 33.8 Å². The Morgan fingerprint density at radius 3 is 2.41 bits per heavy atom. The van der Waals surface area contributed by atoms with E-state index in [0.717, 1.165) is 53.9 Å². The minimum Gasteiger partial charge on any atom is -0.271 e. The van der Waals surface area contributed by atoms with Crippen LogP contribution in [-0.2, 0) is 9.59 Å². The lowest BCUT2D eigenvalue weighted by atomic mass is 9.92. The summed E-state index contributed by atoms with van der Waals surface area (Å²) in [4.78, 5) is 29.3. The number of nitriles is 1. The largest absolute Gasteiger partial charge is 0.271 e. The lowest BCUT2D eigenvalue weighted by molar-refractivity contribution is -0.143. The van der Waals surface area contributed by atoms with Crippen LogP contribution in [0.15, 0.2) is 82.4 Å². The number of aromatic nitrogens is 2. The fourth-order valence-electron chi connectivity index (χ4n) is 5.06. The van der Waals surface area contributed by atoms with Crippen LogP contribution >= 0.6 is 11.8 Å². The van der Waals surface area contributed by atoms with Crippen LogP contribution in [0.4, 0.5) is 0 Å². The third-order valence-electron chi connectivity index (χ3n) is 6.96. The highest BCUT2D eigenvalue weighted by Gasteiger charge is 2.40. The molecular formula is C30H28N4O2S. The molecule has 2 heterocycles. The quantitative estimate of drug-likeness (QED) is 0.225. The van der Waals surface area contributed by atoms with E-state index in [0.29, 0.717) is 11.1 Å². The predicted octanol–water partition coefficient (Wildman–Crippen LogP) is 6.19. The Bertz CT molecular complexity index is 1440. The molecule has 37 heavy (non-hydrogen) atoms. The van der Waals surface area contributed by atoms with E-state index >= 15 is 0 Å². The fourth-order valence-corrected chi connectivity index (χ4v) is 5.72. The molecule has 0 unspecified atom stereocenters. The number of carbonyl (C=O) groups is 2. The van der Waals surface area contributed by atoms with E-state index in [1.54, 1.807) is 29.4 Å². The molecule has 2 aliphatic rings. The van der Waals surface area contributed by atoms with Crippen molar-refractivity contribution < 1.29 is 9.59 Å². The number of carbonyl (C=O) groups excluding carboxylic acids is 2. The summed E-state index contributed by atoms with van der Waals surface area (Å²) < 4.78 is 1.80. The van der Waals surface area contributed by atoms with Crippen molar-refractivity contribution in [3.63, 3.8) is 0 Å². The van der Waals surface area contributed by atoms with Crippen LogP contribution in [-0.4, -0.2) is 38.3 Å². The van der Waals surface area contributed by atoms with Crippen molar-refractivity contribution in [1.82, 2.24) is 14.7 Å². The maximum absolute atomic E-state index is 13.7. The minimum atomic E-state index is -0.474. The molecule has 0 radical (unpaired) electrons. The van der Waals surface area contributed by atoms with E-state index in [2.05, 4.69) is 25.1 Å². The minimum absolute atomic E-state index is 0.0377. The molecule has 0 N–H and O–H groups in total. The summed E-state index contributed by atoms with van der Waals surface area (Å²) in [6.07, 6.45) is 7.20. The topological polar surface area (TPSA) is 79.0 Å². The van der Waals surface area contributed by atoms with E-state index in [9.17, 15) is 14.9 Å². The molecule has 1 aliphatic heterocycles. The Morgan fingerprint density at radius 2 is 1.76 bits per heavy atom. The van der Waals surface area contributed by atoms with Gasteiger partial charge in [0.15, 0.2) is 0 Å². The Morgan fingerprint density at radius 1 is 1.05 bits per heavy atom. The summed E-state index contributed by atoms with van der Waals surface area (Å²) in [7, 11) is 0. The van der Waals surface area contributed by atoms with Gasteiger partial charge in [-0.25, -0.2) is 4.68 Å². The third-order valence-corrected chi connectivity index (χ3v) is 7.86. The first-order valence-corrected chi connectivity index (χ1v) is 13.6. The second kappa shape index (κ2) is 10.6. The van der Waals surface area contributed by atoms with E-state index in [4.69, 9.17) is 5.10 Å². The zero-order chi connectivity index (χ0) is 25.9. The average molecular weight is 509 g/mol. The van der Waals surface area contributed by atoms with E-state index in [-0.39, 0.29) is 17.5 Å². The number of amides is 2. The van der Waals surface area contributed by atoms with Gasteiger partial charge in [0.2, 0.25) is 0 Å².